The van der Waals surface area contributed by atoms with Crippen LogP contribution in [0.1, 0.15) is 32.1 Å². The van der Waals surface area contributed by atoms with Crippen molar-refractivity contribution in [2.75, 3.05) is 18.5 Å². The van der Waals surface area contributed by atoms with E-state index in [1.54, 1.807) is 0 Å². The van der Waals surface area contributed by atoms with Crippen LogP contribution in [0.15, 0.2) is 18.2 Å². The minimum atomic E-state index is -0.458. The summed E-state index contributed by atoms with van der Waals surface area (Å²) in [5.41, 5.74) is -0.00908. The third-order valence-corrected chi connectivity index (χ3v) is 3.83. The second-order valence-electron chi connectivity index (χ2n) is 5.20. The molecule has 0 atom stereocenters. The molecule has 0 aromatic heterocycles. The van der Waals surface area contributed by atoms with Crippen molar-refractivity contribution in [2.45, 2.75) is 32.1 Å². The summed E-state index contributed by atoms with van der Waals surface area (Å²) in [6.07, 6.45) is 5.25. The van der Waals surface area contributed by atoms with E-state index in [-0.39, 0.29) is 17.7 Å². The summed E-state index contributed by atoms with van der Waals surface area (Å²) in [5, 5.41) is 12.5. The molecule has 0 amide bonds. The molecule has 100 valence electrons. The molecule has 1 saturated carbocycles. The van der Waals surface area contributed by atoms with Crippen LogP contribution in [0.3, 0.4) is 0 Å². The summed E-state index contributed by atoms with van der Waals surface area (Å²) in [7, 11) is 0. The van der Waals surface area contributed by atoms with Gasteiger partial charge in [0.25, 0.3) is 0 Å². The lowest BCUT2D eigenvalue weighted by molar-refractivity contribution is 0.0943. The molecule has 2 N–H and O–H groups in total. The molecular formula is C14H19F2NO. The number of benzene rings is 1. The van der Waals surface area contributed by atoms with Crippen LogP contribution in [0.25, 0.3) is 0 Å². The van der Waals surface area contributed by atoms with E-state index in [0.717, 1.165) is 43.9 Å². The topological polar surface area (TPSA) is 32.3 Å². The van der Waals surface area contributed by atoms with E-state index in [1.807, 2.05) is 0 Å². The number of anilines is 1. The standard InChI is InChI=1S/C14H19F2NO/c15-11-4-5-12(16)13(8-11)17-9-14(10-18)6-2-1-3-7-14/h4-5,8,17-18H,1-3,6-7,9-10H2. The van der Waals surface area contributed by atoms with Gasteiger partial charge in [0, 0.05) is 12.0 Å². The van der Waals surface area contributed by atoms with Gasteiger partial charge in [-0.05, 0) is 31.0 Å². The van der Waals surface area contributed by atoms with Gasteiger partial charge in [0.15, 0.2) is 0 Å². The highest BCUT2D eigenvalue weighted by Crippen LogP contribution is 2.36. The third kappa shape index (κ3) is 2.99. The smallest absolute Gasteiger partial charge is 0.146 e. The van der Waals surface area contributed by atoms with Crippen molar-refractivity contribution in [3.05, 3.63) is 29.8 Å². The first kappa shape index (κ1) is 13.3. The molecule has 0 unspecified atom stereocenters. The lowest BCUT2D eigenvalue weighted by atomic mass is 9.74. The van der Waals surface area contributed by atoms with Crippen LogP contribution in [-0.4, -0.2) is 18.3 Å². The highest BCUT2D eigenvalue weighted by molar-refractivity contribution is 5.45. The van der Waals surface area contributed by atoms with E-state index in [0.29, 0.717) is 6.54 Å². The number of rotatable bonds is 4. The van der Waals surface area contributed by atoms with Gasteiger partial charge < -0.3 is 10.4 Å². The van der Waals surface area contributed by atoms with Gasteiger partial charge in [-0.25, -0.2) is 8.78 Å². The zero-order chi connectivity index (χ0) is 13.0. The van der Waals surface area contributed by atoms with Gasteiger partial charge in [0.1, 0.15) is 11.6 Å². The zero-order valence-corrected chi connectivity index (χ0v) is 10.4. The number of hydrogen-bond acceptors (Lipinski definition) is 2. The Morgan fingerprint density at radius 1 is 1.17 bits per heavy atom. The van der Waals surface area contributed by atoms with Crippen molar-refractivity contribution in [3.63, 3.8) is 0 Å². The second kappa shape index (κ2) is 5.65. The SMILES string of the molecule is OCC1(CNc2cc(F)ccc2F)CCCCC1. The van der Waals surface area contributed by atoms with Gasteiger partial charge >= 0.3 is 0 Å². The Bertz CT molecular complexity index is 403. The minimum Gasteiger partial charge on any atom is -0.396 e. The maximum atomic E-state index is 13.5. The van der Waals surface area contributed by atoms with Crippen molar-refractivity contribution in [1.29, 1.82) is 0 Å². The quantitative estimate of drug-likeness (QED) is 0.865. The Morgan fingerprint density at radius 3 is 2.56 bits per heavy atom. The summed E-state index contributed by atoms with van der Waals surface area (Å²) >= 11 is 0. The molecule has 0 spiro atoms. The van der Waals surface area contributed by atoms with Crippen molar-refractivity contribution in [1.82, 2.24) is 0 Å². The molecule has 0 radical (unpaired) electrons. The van der Waals surface area contributed by atoms with Crippen LogP contribution in [0, 0.1) is 17.0 Å². The molecule has 0 aliphatic heterocycles. The summed E-state index contributed by atoms with van der Waals surface area (Å²) in [4.78, 5) is 0. The van der Waals surface area contributed by atoms with Crippen LogP contribution >= 0.6 is 0 Å². The van der Waals surface area contributed by atoms with E-state index < -0.39 is 11.6 Å². The fourth-order valence-corrected chi connectivity index (χ4v) is 2.61. The van der Waals surface area contributed by atoms with Crippen LogP contribution < -0.4 is 5.32 Å². The number of aliphatic hydroxyl groups excluding tert-OH is 1. The molecule has 1 aliphatic carbocycles. The number of hydrogen-bond donors (Lipinski definition) is 2. The van der Waals surface area contributed by atoms with Gasteiger partial charge in [-0.1, -0.05) is 19.3 Å². The normalized spacial score (nSPS) is 18.6. The lowest BCUT2D eigenvalue weighted by Crippen LogP contribution is -2.35. The Labute approximate surface area is 106 Å². The Hall–Kier alpha value is -1.16. The molecule has 0 heterocycles. The highest BCUT2D eigenvalue weighted by atomic mass is 19.1. The van der Waals surface area contributed by atoms with E-state index in [1.165, 1.54) is 6.42 Å². The second-order valence-corrected chi connectivity index (χ2v) is 5.20. The Balaban J connectivity index is 2.03. The van der Waals surface area contributed by atoms with E-state index in [9.17, 15) is 13.9 Å². The van der Waals surface area contributed by atoms with Crippen molar-refractivity contribution >= 4 is 5.69 Å². The maximum Gasteiger partial charge on any atom is 0.146 e. The first-order valence-corrected chi connectivity index (χ1v) is 6.45. The largest absolute Gasteiger partial charge is 0.396 e. The Kier molecular flexibility index (Phi) is 4.17. The summed E-state index contributed by atoms with van der Waals surface area (Å²) in [5.74, 6) is -0.916. The number of aliphatic hydroxyl groups is 1. The van der Waals surface area contributed by atoms with E-state index in [2.05, 4.69) is 5.32 Å². The molecule has 18 heavy (non-hydrogen) atoms. The molecule has 2 nitrogen and oxygen atoms in total. The summed E-state index contributed by atoms with van der Waals surface area (Å²) in [6, 6.07) is 3.37. The van der Waals surface area contributed by atoms with Gasteiger partial charge in [0.2, 0.25) is 0 Å². The van der Waals surface area contributed by atoms with Crippen LogP contribution in [-0.2, 0) is 0 Å². The fraction of sp³-hybridized carbons (Fsp3) is 0.571. The first-order chi connectivity index (χ1) is 8.65. The average molecular weight is 255 g/mol. The molecule has 0 saturated heterocycles. The Morgan fingerprint density at radius 2 is 1.89 bits per heavy atom. The zero-order valence-electron chi connectivity index (χ0n) is 10.4. The van der Waals surface area contributed by atoms with E-state index >= 15 is 0 Å². The lowest BCUT2D eigenvalue weighted by Gasteiger charge is -2.36. The van der Waals surface area contributed by atoms with Crippen molar-refractivity contribution in [3.8, 4) is 0 Å². The summed E-state index contributed by atoms with van der Waals surface area (Å²) in [6.45, 7) is 0.584. The van der Waals surface area contributed by atoms with Gasteiger partial charge in [-0.2, -0.15) is 0 Å². The molecule has 2 rings (SSSR count). The monoisotopic (exact) mass is 255 g/mol. The van der Waals surface area contributed by atoms with Crippen LogP contribution in [0.5, 0.6) is 0 Å². The molecule has 1 fully saturated rings. The summed E-state index contributed by atoms with van der Waals surface area (Å²) < 4.78 is 26.5. The number of nitrogens with one attached hydrogen (secondary N) is 1. The predicted molar refractivity (Wildman–Crippen MR) is 67.5 cm³/mol. The van der Waals surface area contributed by atoms with Crippen molar-refractivity contribution in [2.24, 2.45) is 5.41 Å². The van der Waals surface area contributed by atoms with Crippen molar-refractivity contribution < 1.29 is 13.9 Å². The molecule has 0 bridgehead atoms. The molecule has 4 heteroatoms. The van der Waals surface area contributed by atoms with Gasteiger partial charge in [-0.3, -0.25) is 0 Å². The minimum absolute atomic E-state index is 0.0942. The van der Waals surface area contributed by atoms with Crippen LogP contribution in [0.4, 0.5) is 14.5 Å². The predicted octanol–water partition coefficient (Wildman–Crippen LogP) is 3.32. The molecule has 1 aromatic rings. The van der Waals surface area contributed by atoms with Gasteiger partial charge in [0.05, 0.1) is 12.3 Å². The third-order valence-electron chi connectivity index (χ3n) is 3.83. The molecule has 1 aliphatic rings. The molecule has 1 aromatic carbocycles. The molecular weight excluding hydrogens is 236 g/mol. The first-order valence-electron chi connectivity index (χ1n) is 6.45. The fourth-order valence-electron chi connectivity index (χ4n) is 2.61. The maximum absolute atomic E-state index is 13.5. The average Bonchev–Trinajstić information content (AvgIpc) is 2.41. The van der Waals surface area contributed by atoms with E-state index in [4.69, 9.17) is 0 Å². The van der Waals surface area contributed by atoms with Crippen LogP contribution in [0.2, 0.25) is 0 Å². The van der Waals surface area contributed by atoms with Gasteiger partial charge in [-0.15, -0.1) is 0 Å². The highest BCUT2D eigenvalue weighted by Gasteiger charge is 2.31. The number of halogens is 2.